The van der Waals surface area contributed by atoms with Crippen molar-refractivity contribution in [1.82, 2.24) is 30.1 Å². The van der Waals surface area contributed by atoms with Crippen LogP contribution in [0.2, 0.25) is 0 Å². The van der Waals surface area contributed by atoms with Gasteiger partial charge in [-0.3, -0.25) is 9.69 Å². The number of pyridine rings is 1. The minimum absolute atomic E-state index is 0.114. The van der Waals surface area contributed by atoms with Gasteiger partial charge >= 0.3 is 0 Å². The molecule has 0 saturated carbocycles. The lowest BCUT2D eigenvalue weighted by atomic mass is 10.00. The average molecular weight is 431 g/mol. The Bertz CT molecular complexity index is 1290. The molecule has 0 radical (unpaired) electrons. The maximum absolute atomic E-state index is 13.4. The molecule has 0 amide bonds. The summed E-state index contributed by atoms with van der Waals surface area (Å²) in [6.45, 7) is 7.25. The van der Waals surface area contributed by atoms with Gasteiger partial charge in [-0.2, -0.15) is 0 Å². The lowest BCUT2D eigenvalue weighted by Crippen LogP contribution is -2.42. The summed E-state index contributed by atoms with van der Waals surface area (Å²) in [5.74, 6) is 0.657. The highest BCUT2D eigenvalue weighted by Crippen LogP contribution is 2.28. The molecule has 1 atom stereocenters. The van der Waals surface area contributed by atoms with Crippen LogP contribution < -0.4 is 5.56 Å². The van der Waals surface area contributed by atoms with E-state index >= 15 is 0 Å². The van der Waals surface area contributed by atoms with E-state index in [0.29, 0.717) is 44.2 Å². The van der Waals surface area contributed by atoms with Crippen molar-refractivity contribution in [1.29, 1.82) is 0 Å². The van der Waals surface area contributed by atoms with Crippen LogP contribution in [-0.2, 0) is 11.3 Å². The molecule has 1 fully saturated rings. The summed E-state index contributed by atoms with van der Waals surface area (Å²) >= 11 is 0. The molecule has 2 aromatic heterocycles. The van der Waals surface area contributed by atoms with E-state index in [2.05, 4.69) is 44.5 Å². The number of tetrazole rings is 1. The Morgan fingerprint density at radius 1 is 1.09 bits per heavy atom. The van der Waals surface area contributed by atoms with Crippen LogP contribution in [0, 0.1) is 13.8 Å². The van der Waals surface area contributed by atoms with Gasteiger partial charge in [0, 0.05) is 18.7 Å². The number of aromatic nitrogens is 5. The Hall–Kier alpha value is -3.36. The Kier molecular flexibility index (Phi) is 5.55. The lowest BCUT2D eigenvalue weighted by Gasteiger charge is -2.33. The van der Waals surface area contributed by atoms with E-state index in [4.69, 9.17) is 4.74 Å². The Labute approximate surface area is 185 Å². The standard InChI is InChI=1S/C24H26N6O2/c1-16-8-9-19-14-20(24(31)25-21(19)17(16)2)22(29-10-12-32-13-11-29)23-26-27-28-30(23)15-18-6-4-3-5-7-18/h3-9,14,22H,10-13,15H2,1-2H3,(H,25,31). The largest absolute Gasteiger partial charge is 0.379 e. The van der Waals surface area contributed by atoms with Crippen molar-refractivity contribution in [3.63, 3.8) is 0 Å². The number of benzene rings is 2. The average Bonchev–Trinajstić information content (AvgIpc) is 3.26. The predicted octanol–water partition coefficient (Wildman–Crippen LogP) is 2.60. The zero-order chi connectivity index (χ0) is 22.1. The third-order valence-electron chi connectivity index (χ3n) is 6.26. The summed E-state index contributed by atoms with van der Waals surface area (Å²) in [4.78, 5) is 18.7. The van der Waals surface area contributed by atoms with Crippen molar-refractivity contribution < 1.29 is 4.74 Å². The number of ether oxygens (including phenoxy) is 1. The second kappa shape index (κ2) is 8.64. The molecule has 1 saturated heterocycles. The van der Waals surface area contributed by atoms with Crippen molar-refractivity contribution in [2.75, 3.05) is 26.3 Å². The molecule has 8 heteroatoms. The number of morpholine rings is 1. The monoisotopic (exact) mass is 430 g/mol. The molecule has 0 bridgehead atoms. The van der Waals surface area contributed by atoms with E-state index in [1.54, 1.807) is 4.68 Å². The molecule has 2 aromatic carbocycles. The zero-order valence-corrected chi connectivity index (χ0v) is 18.3. The van der Waals surface area contributed by atoms with Crippen LogP contribution in [0.25, 0.3) is 10.9 Å². The fourth-order valence-corrected chi connectivity index (χ4v) is 4.36. The minimum Gasteiger partial charge on any atom is -0.379 e. The van der Waals surface area contributed by atoms with Gasteiger partial charge in [-0.1, -0.05) is 42.5 Å². The summed E-state index contributed by atoms with van der Waals surface area (Å²) in [6, 6.07) is 15.8. The number of hydrogen-bond donors (Lipinski definition) is 1. The fourth-order valence-electron chi connectivity index (χ4n) is 4.36. The molecular formula is C24H26N6O2. The number of nitrogens with one attached hydrogen (secondary N) is 1. The highest BCUT2D eigenvalue weighted by atomic mass is 16.5. The van der Waals surface area contributed by atoms with Crippen molar-refractivity contribution >= 4 is 10.9 Å². The van der Waals surface area contributed by atoms with Gasteiger partial charge in [0.25, 0.3) is 5.56 Å². The molecule has 5 rings (SSSR count). The zero-order valence-electron chi connectivity index (χ0n) is 18.3. The Morgan fingerprint density at radius 2 is 1.88 bits per heavy atom. The Balaban J connectivity index is 1.64. The summed E-state index contributed by atoms with van der Waals surface area (Å²) in [7, 11) is 0. The number of H-pyrrole nitrogens is 1. The second-order valence-electron chi connectivity index (χ2n) is 8.26. The third kappa shape index (κ3) is 3.83. The smallest absolute Gasteiger partial charge is 0.253 e. The molecule has 4 aromatic rings. The molecule has 1 aliphatic heterocycles. The molecule has 0 spiro atoms. The molecule has 1 aliphatic rings. The quantitative estimate of drug-likeness (QED) is 0.524. The summed E-state index contributed by atoms with van der Waals surface area (Å²) in [5.41, 5.74) is 4.74. The number of nitrogens with zero attached hydrogens (tertiary/aromatic N) is 5. The predicted molar refractivity (Wildman–Crippen MR) is 122 cm³/mol. The van der Waals surface area contributed by atoms with Crippen LogP contribution in [0.4, 0.5) is 0 Å². The van der Waals surface area contributed by atoms with Crippen LogP contribution >= 0.6 is 0 Å². The van der Waals surface area contributed by atoms with Crippen molar-refractivity contribution in [3.8, 4) is 0 Å². The summed E-state index contributed by atoms with van der Waals surface area (Å²) < 4.78 is 7.36. The molecule has 0 aliphatic carbocycles. The minimum atomic E-state index is -0.368. The van der Waals surface area contributed by atoms with Crippen LogP contribution in [-0.4, -0.2) is 56.4 Å². The van der Waals surface area contributed by atoms with Gasteiger partial charge in [-0.25, -0.2) is 4.68 Å². The molecule has 1 N–H and O–H groups in total. The molecular weight excluding hydrogens is 404 g/mol. The summed E-state index contributed by atoms with van der Waals surface area (Å²) in [6.07, 6.45) is 0. The molecule has 32 heavy (non-hydrogen) atoms. The van der Waals surface area contributed by atoms with Gasteiger partial charge in [0.1, 0.15) is 6.04 Å². The van der Waals surface area contributed by atoms with E-state index in [1.165, 1.54) is 0 Å². The second-order valence-corrected chi connectivity index (χ2v) is 8.26. The lowest BCUT2D eigenvalue weighted by molar-refractivity contribution is 0.0214. The van der Waals surface area contributed by atoms with Crippen LogP contribution in [0.3, 0.4) is 0 Å². The Morgan fingerprint density at radius 3 is 2.66 bits per heavy atom. The maximum atomic E-state index is 13.4. The van der Waals surface area contributed by atoms with Gasteiger partial charge in [-0.15, -0.1) is 5.10 Å². The first-order chi connectivity index (χ1) is 15.6. The first-order valence-electron chi connectivity index (χ1n) is 10.9. The van der Waals surface area contributed by atoms with Crippen molar-refractivity contribution in [2.24, 2.45) is 0 Å². The molecule has 1 unspecified atom stereocenters. The van der Waals surface area contributed by atoms with Gasteiger partial charge in [0.15, 0.2) is 5.82 Å². The van der Waals surface area contributed by atoms with E-state index in [-0.39, 0.29) is 11.6 Å². The van der Waals surface area contributed by atoms with E-state index in [1.807, 2.05) is 43.3 Å². The SMILES string of the molecule is Cc1ccc2cc(C(c3nnnn3Cc3ccccc3)N3CCOCC3)c(=O)[nH]c2c1C. The van der Waals surface area contributed by atoms with E-state index in [9.17, 15) is 4.79 Å². The number of hydrogen-bond acceptors (Lipinski definition) is 6. The van der Waals surface area contributed by atoms with Gasteiger partial charge in [0.05, 0.1) is 25.3 Å². The normalized spacial score (nSPS) is 15.8. The molecule has 164 valence electrons. The van der Waals surface area contributed by atoms with Crippen LogP contribution in [0.1, 0.15) is 34.1 Å². The fraction of sp³-hybridized carbons (Fsp3) is 0.333. The van der Waals surface area contributed by atoms with Gasteiger partial charge < -0.3 is 9.72 Å². The summed E-state index contributed by atoms with van der Waals surface area (Å²) in [5, 5.41) is 13.6. The first-order valence-corrected chi connectivity index (χ1v) is 10.9. The van der Waals surface area contributed by atoms with Crippen molar-refractivity contribution in [3.05, 3.63) is 87.0 Å². The molecule has 8 nitrogen and oxygen atoms in total. The van der Waals surface area contributed by atoms with Gasteiger partial charge in [-0.05, 0) is 52.4 Å². The number of aryl methyl sites for hydroxylation is 2. The maximum Gasteiger partial charge on any atom is 0.253 e. The highest BCUT2D eigenvalue weighted by molar-refractivity contribution is 5.83. The van der Waals surface area contributed by atoms with Crippen molar-refractivity contribution in [2.45, 2.75) is 26.4 Å². The third-order valence-corrected chi connectivity index (χ3v) is 6.26. The van der Waals surface area contributed by atoms with Gasteiger partial charge in [0.2, 0.25) is 0 Å². The number of aromatic amines is 1. The molecule has 3 heterocycles. The number of fused-ring (bicyclic) bond motifs is 1. The number of rotatable bonds is 5. The highest BCUT2D eigenvalue weighted by Gasteiger charge is 2.31. The van der Waals surface area contributed by atoms with E-state index < -0.39 is 0 Å². The first kappa shape index (κ1) is 20.5. The van der Waals surface area contributed by atoms with E-state index in [0.717, 1.165) is 27.6 Å². The topological polar surface area (TPSA) is 88.9 Å². The van der Waals surface area contributed by atoms with Crippen LogP contribution in [0.15, 0.2) is 53.3 Å². The van der Waals surface area contributed by atoms with Crippen LogP contribution in [0.5, 0.6) is 0 Å².